The number of H-pyrrole nitrogens is 1. The fourth-order valence-corrected chi connectivity index (χ4v) is 2.47. The molecule has 1 aromatic carbocycles. The molecular weight excluding hydrogens is 290 g/mol. The highest BCUT2D eigenvalue weighted by atomic mass is 19.2. The summed E-state index contributed by atoms with van der Waals surface area (Å²) in [7, 11) is 0. The summed E-state index contributed by atoms with van der Waals surface area (Å²) in [6.45, 7) is 4.99. The van der Waals surface area contributed by atoms with E-state index in [4.69, 9.17) is 0 Å². The number of carbonyl (C=O) groups is 2. The molecular formula is C16H16F2N2O2. The van der Waals surface area contributed by atoms with Gasteiger partial charge in [0.25, 0.3) is 5.91 Å². The summed E-state index contributed by atoms with van der Waals surface area (Å²) in [5, 5.41) is 2.49. The molecule has 0 aliphatic carbocycles. The van der Waals surface area contributed by atoms with Gasteiger partial charge in [-0.05, 0) is 38.0 Å². The lowest BCUT2D eigenvalue weighted by atomic mass is 10.0. The highest BCUT2D eigenvalue weighted by Gasteiger charge is 2.21. The number of amides is 1. The van der Waals surface area contributed by atoms with E-state index in [2.05, 4.69) is 10.3 Å². The van der Waals surface area contributed by atoms with Gasteiger partial charge in [0.1, 0.15) is 5.69 Å². The third kappa shape index (κ3) is 2.90. The summed E-state index contributed by atoms with van der Waals surface area (Å²) in [6.07, 6.45) is 0.500. The summed E-state index contributed by atoms with van der Waals surface area (Å²) < 4.78 is 26.1. The van der Waals surface area contributed by atoms with Gasteiger partial charge in [0.2, 0.25) is 0 Å². The van der Waals surface area contributed by atoms with Crippen molar-refractivity contribution >= 4 is 17.4 Å². The molecule has 0 saturated heterocycles. The minimum absolute atomic E-state index is 0.127. The maximum Gasteiger partial charge on any atom is 0.272 e. The van der Waals surface area contributed by atoms with Crippen molar-refractivity contribution in [3.05, 3.63) is 52.3 Å². The van der Waals surface area contributed by atoms with Crippen LogP contribution in [0.2, 0.25) is 0 Å². The molecule has 0 fully saturated rings. The van der Waals surface area contributed by atoms with Gasteiger partial charge in [-0.25, -0.2) is 8.78 Å². The highest BCUT2D eigenvalue weighted by Crippen LogP contribution is 2.22. The van der Waals surface area contributed by atoms with E-state index in [1.54, 1.807) is 6.92 Å². The number of aromatic nitrogens is 1. The SMILES string of the molecule is CCc1c(C(=O)Nc2ccc(F)c(F)c2)[nH]c(C)c1C(C)=O. The van der Waals surface area contributed by atoms with Gasteiger partial charge in [-0.15, -0.1) is 0 Å². The number of aromatic amines is 1. The van der Waals surface area contributed by atoms with Crippen LogP contribution < -0.4 is 5.32 Å². The zero-order chi connectivity index (χ0) is 16.4. The first-order chi connectivity index (χ1) is 10.3. The Morgan fingerprint density at radius 1 is 1.23 bits per heavy atom. The van der Waals surface area contributed by atoms with Crippen molar-refractivity contribution in [1.82, 2.24) is 4.98 Å². The van der Waals surface area contributed by atoms with Gasteiger partial charge in [-0.3, -0.25) is 9.59 Å². The molecule has 0 atom stereocenters. The van der Waals surface area contributed by atoms with E-state index in [1.807, 2.05) is 6.92 Å². The molecule has 0 aliphatic rings. The number of anilines is 1. The van der Waals surface area contributed by atoms with Crippen LogP contribution in [0.25, 0.3) is 0 Å². The summed E-state index contributed by atoms with van der Waals surface area (Å²) in [6, 6.07) is 3.11. The van der Waals surface area contributed by atoms with Crippen molar-refractivity contribution in [2.24, 2.45) is 0 Å². The monoisotopic (exact) mass is 306 g/mol. The minimum atomic E-state index is -1.04. The highest BCUT2D eigenvalue weighted by molar-refractivity contribution is 6.07. The summed E-state index contributed by atoms with van der Waals surface area (Å²) in [5.41, 5.74) is 2.13. The van der Waals surface area contributed by atoms with Crippen molar-refractivity contribution in [2.75, 3.05) is 5.32 Å². The first kappa shape index (κ1) is 15.9. The normalized spacial score (nSPS) is 10.6. The molecule has 0 unspecified atom stereocenters. The van der Waals surface area contributed by atoms with Crippen LogP contribution >= 0.6 is 0 Å². The lowest BCUT2D eigenvalue weighted by Crippen LogP contribution is -2.15. The van der Waals surface area contributed by atoms with Crippen LogP contribution in [0.1, 0.15) is 46.0 Å². The number of hydrogen-bond donors (Lipinski definition) is 2. The van der Waals surface area contributed by atoms with Crippen LogP contribution in [0.5, 0.6) is 0 Å². The second-order valence-electron chi connectivity index (χ2n) is 4.97. The molecule has 4 nitrogen and oxygen atoms in total. The van der Waals surface area contributed by atoms with Gasteiger partial charge >= 0.3 is 0 Å². The predicted molar refractivity (Wildman–Crippen MR) is 79.2 cm³/mol. The third-order valence-corrected chi connectivity index (χ3v) is 3.40. The number of nitrogens with one attached hydrogen (secondary N) is 2. The van der Waals surface area contributed by atoms with Gasteiger partial charge in [-0.1, -0.05) is 6.92 Å². The second-order valence-corrected chi connectivity index (χ2v) is 4.97. The fraction of sp³-hybridized carbons (Fsp3) is 0.250. The van der Waals surface area contributed by atoms with Gasteiger partial charge in [0.05, 0.1) is 0 Å². The molecule has 0 aliphatic heterocycles. The molecule has 0 bridgehead atoms. The second kappa shape index (κ2) is 6.09. The molecule has 22 heavy (non-hydrogen) atoms. The molecule has 2 aromatic rings. The van der Waals surface area contributed by atoms with Crippen LogP contribution in [0.4, 0.5) is 14.5 Å². The van der Waals surface area contributed by atoms with E-state index in [1.165, 1.54) is 13.0 Å². The van der Waals surface area contributed by atoms with Crippen molar-refractivity contribution < 1.29 is 18.4 Å². The lowest BCUT2D eigenvalue weighted by Gasteiger charge is -2.06. The minimum Gasteiger partial charge on any atom is -0.354 e. The molecule has 0 spiro atoms. The molecule has 1 amide bonds. The summed E-state index contributed by atoms with van der Waals surface area (Å²) in [5.74, 6) is -2.65. The Labute approximate surface area is 126 Å². The largest absolute Gasteiger partial charge is 0.354 e. The average Bonchev–Trinajstić information content (AvgIpc) is 2.79. The van der Waals surface area contributed by atoms with E-state index < -0.39 is 17.5 Å². The molecule has 2 N–H and O–H groups in total. The van der Waals surface area contributed by atoms with E-state index in [0.29, 0.717) is 23.2 Å². The van der Waals surface area contributed by atoms with Crippen molar-refractivity contribution in [3.63, 3.8) is 0 Å². The van der Waals surface area contributed by atoms with Crippen LogP contribution in [-0.2, 0) is 6.42 Å². The topological polar surface area (TPSA) is 62.0 Å². The van der Waals surface area contributed by atoms with Gasteiger partial charge < -0.3 is 10.3 Å². The van der Waals surface area contributed by atoms with Crippen molar-refractivity contribution in [3.8, 4) is 0 Å². The summed E-state index contributed by atoms with van der Waals surface area (Å²) >= 11 is 0. The van der Waals surface area contributed by atoms with Gasteiger partial charge in [0.15, 0.2) is 17.4 Å². The number of aryl methyl sites for hydroxylation is 1. The van der Waals surface area contributed by atoms with Gasteiger partial charge in [-0.2, -0.15) is 0 Å². The Morgan fingerprint density at radius 2 is 1.91 bits per heavy atom. The molecule has 6 heteroatoms. The fourth-order valence-electron chi connectivity index (χ4n) is 2.47. The maximum absolute atomic E-state index is 13.2. The van der Waals surface area contributed by atoms with E-state index >= 15 is 0 Å². The number of ketones is 1. The Balaban J connectivity index is 2.35. The first-order valence-corrected chi connectivity index (χ1v) is 6.83. The quantitative estimate of drug-likeness (QED) is 0.847. The zero-order valence-corrected chi connectivity index (χ0v) is 12.5. The molecule has 2 rings (SSSR count). The van der Waals surface area contributed by atoms with Crippen molar-refractivity contribution in [2.45, 2.75) is 27.2 Å². The van der Waals surface area contributed by atoms with E-state index in [-0.39, 0.29) is 17.2 Å². The number of rotatable bonds is 4. The molecule has 116 valence electrons. The molecule has 0 radical (unpaired) electrons. The molecule has 1 aromatic heterocycles. The predicted octanol–water partition coefficient (Wildman–Crippen LogP) is 3.62. The smallest absolute Gasteiger partial charge is 0.272 e. The molecule has 1 heterocycles. The number of hydrogen-bond acceptors (Lipinski definition) is 2. The number of carbonyl (C=O) groups excluding carboxylic acids is 2. The Bertz CT molecular complexity index is 751. The number of halogens is 2. The Kier molecular flexibility index (Phi) is 4.40. The third-order valence-electron chi connectivity index (χ3n) is 3.40. The van der Waals surface area contributed by atoms with Crippen LogP contribution in [0, 0.1) is 18.6 Å². The Hall–Kier alpha value is -2.50. The number of Topliss-reactive ketones (excluding diaryl/α,β-unsaturated/α-hetero) is 1. The lowest BCUT2D eigenvalue weighted by molar-refractivity contribution is 0.101. The standard InChI is InChI=1S/C16H16F2N2O2/c1-4-11-14(9(3)21)8(2)19-15(11)16(22)20-10-5-6-12(17)13(18)7-10/h5-7,19H,4H2,1-3H3,(H,20,22). The van der Waals surface area contributed by atoms with Crippen LogP contribution in [0.3, 0.4) is 0 Å². The first-order valence-electron chi connectivity index (χ1n) is 6.83. The maximum atomic E-state index is 13.2. The van der Waals surface area contributed by atoms with E-state index in [0.717, 1.165) is 12.1 Å². The number of benzene rings is 1. The van der Waals surface area contributed by atoms with Gasteiger partial charge in [0, 0.05) is 23.0 Å². The molecule has 0 saturated carbocycles. The van der Waals surface area contributed by atoms with Crippen LogP contribution in [-0.4, -0.2) is 16.7 Å². The Morgan fingerprint density at radius 3 is 2.45 bits per heavy atom. The summed E-state index contributed by atoms with van der Waals surface area (Å²) in [4.78, 5) is 26.9. The average molecular weight is 306 g/mol. The van der Waals surface area contributed by atoms with E-state index in [9.17, 15) is 18.4 Å². The zero-order valence-electron chi connectivity index (χ0n) is 12.5. The van der Waals surface area contributed by atoms with Crippen LogP contribution in [0.15, 0.2) is 18.2 Å². The van der Waals surface area contributed by atoms with Crippen molar-refractivity contribution in [1.29, 1.82) is 0 Å².